The molecule has 37 heavy (non-hydrogen) atoms. The van der Waals surface area contributed by atoms with Crippen molar-refractivity contribution in [2.75, 3.05) is 10.6 Å². The molecule has 4 aromatic carbocycles. The molecule has 8 heteroatoms. The number of hydrogen-bond acceptors (Lipinski definition) is 4. The summed E-state index contributed by atoms with van der Waals surface area (Å²) in [6, 6.07) is 27.9. The molecule has 0 bridgehead atoms. The van der Waals surface area contributed by atoms with Crippen LogP contribution in [-0.2, 0) is 4.79 Å². The lowest BCUT2D eigenvalue weighted by Crippen LogP contribution is -2.19. The fourth-order valence-electron chi connectivity index (χ4n) is 3.65. The third-order valence-corrected chi connectivity index (χ3v) is 7.07. The maximum absolute atomic E-state index is 13.4. The topological polar surface area (TPSA) is 95.5 Å². The molecule has 2 amide bonds. The molecule has 0 aliphatic heterocycles. The summed E-state index contributed by atoms with van der Waals surface area (Å²) in [5.41, 5.74) is 2.90. The van der Waals surface area contributed by atoms with Gasteiger partial charge >= 0.3 is 5.97 Å². The predicted molar refractivity (Wildman–Crippen MR) is 148 cm³/mol. The summed E-state index contributed by atoms with van der Waals surface area (Å²) in [4.78, 5) is 38.3. The van der Waals surface area contributed by atoms with Gasteiger partial charge in [-0.25, -0.2) is 4.79 Å². The smallest absolute Gasteiger partial charge is 0.336 e. The van der Waals surface area contributed by atoms with E-state index in [0.29, 0.717) is 16.4 Å². The van der Waals surface area contributed by atoms with Crippen LogP contribution in [-0.4, -0.2) is 22.9 Å². The Morgan fingerprint density at radius 1 is 0.811 bits per heavy atom. The van der Waals surface area contributed by atoms with E-state index >= 15 is 0 Å². The number of rotatable bonds is 8. The van der Waals surface area contributed by atoms with Crippen LogP contribution in [0.15, 0.2) is 102 Å². The molecule has 4 rings (SSSR count). The number of aryl methyl sites for hydroxylation is 1. The van der Waals surface area contributed by atoms with E-state index < -0.39 is 17.1 Å². The molecular formula is C29H23ClN2O4S. The first-order chi connectivity index (χ1) is 17.8. The van der Waals surface area contributed by atoms with Crippen LogP contribution in [0.3, 0.4) is 0 Å². The van der Waals surface area contributed by atoms with E-state index in [1.165, 1.54) is 23.9 Å². The van der Waals surface area contributed by atoms with Crippen LogP contribution in [0, 0.1) is 6.92 Å². The van der Waals surface area contributed by atoms with Gasteiger partial charge in [0.2, 0.25) is 5.91 Å². The van der Waals surface area contributed by atoms with Gasteiger partial charge in [-0.3, -0.25) is 9.59 Å². The highest BCUT2D eigenvalue weighted by molar-refractivity contribution is 8.00. The molecule has 0 aromatic heterocycles. The van der Waals surface area contributed by atoms with Crippen molar-refractivity contribution in [2.24, 2.45) is 0 Å². The number of carboxylic acid groups (broad SMARTS) is 1. The summed E-state index contributed by atoms with van der Waals surface area (Å²) in [7, 11) is 0. The third-order valence-electron chi connectivity index (χ3n) is 5.57. The quantitative estimate of drug-likeness (QED) is 0.212. The van der Waals surface area contributed by atoms with Gasteiger partial charge in [0.15, 0.2) is 0 Å². The van der Waals surface area contributed by atoms with Gasteiger partial charge in [-0.1, -0.05) is 60.1 Å². The number of benzene rings is 4. The van der Waals surface area contributed by atoms with Crippen molar-refractivity contribution in [3.8, 4) is 0 Å². The van der Waals surface area contributed by atoms with Crippen LogP contribution >= 0.6 is 23.4 Å². The fourth-order valence-corrected chi connectivity index (χ4v) is 4.84. The second-order valence-electron chi connectivity index (χ2n) is 8.19. The number of aromatic carboxylic acids is 1. The Morgan fingerprint density at radius 3 is 2.14 bits per heavy atom. The summed E-state index contributed by atoms with van der Waals surface area (Å²) in [5.74, 6) is -1.88. The standard InChI is InChI=1S/C29H23ClN2O4S/c1-18-11-12-20(30)17-25(18)32-28(34)26(19-7-3-2-4-8-19)37-22-15-13-21(14-16-22)31-27(33)23-9-5-6-10-24(23)29(35)36/h2-17,26H,1H3,(H,31,33)(H,32,34)(H,35,36). The van der Waals surface area contributed by atoms with Crippen LogP contribution in [0.2, 0.25) is 5.02 Å². The number of carbonyl (C=O) groups is 3. The predicted octanol–water partition coefficient (Wildman–Crippen LogP) is 7.07. The van der Waals surface area contributed by atoms with Crippen molar-refractivity contribution in [3.05, 3.63) is 124 Å². The van der Waals surface area contributed by atoms with Crippen molar-refractivity contribution >= 4 is 52.5 Å². The zero-order valence-electron chi connectivity index (χ0n) is 19.8. The molecule has 1 unspecified atom stereocenters. The maximum Gasteiger partial charge on any atom is 0.336 e. The monoisotopic (exact) mass is 530 g/mol. The second-order valence-corrected chi connectivity index (χ2v) is 9.80. The number of carboxylic acids is 1. The van der Waals surface area contributed by atoms with Gasteiger partial charge in [-0.15, -0.1) is 11.8 Å². The van der Waals surface area contributed by atoms with E-state index in [-0.39, 0.29) is 17.0 Å². The SMILES string of the molecule is Cc1ccc(Cl)cc1NC(=O)C(Sc1ccc(NC(=O)c2ccccc2C(=O)O)cc1)c1ccccc1. The zero-order chi connectivity index (χ0) is 26.4. The molecule has 4 aromatic rings. The number of thioether (sulfide) groups is 1. The summed E-state index contributed by atoms with van der Waals surface area (Å²) in [5, 5.41) is 15.1. The average molecular weight is 531 g/mol. The minimum Gasteiger partial charge on any atom is -0.478 e. The summed E-state index contributed by atoms with van der Waals surface area (Å²) < 4.78 is 0. The van der Waals surface area contributed by atoms with E-state index in [9.17, 15) is 19.5 Å². The van der Waals surface area contributed by atoms with Gasteiger partial charge in [0.05, 0.1) is 11.1 Å². The number of anilines is 2. The Labute approximate surface area is 223 Å². The third kappa shape index (κ3) is 6.58. The largest absolute Gasteiger partial charge is 0.478 e. The zero-order valence-corrected chi connectivity index (χ0v) is 21.3. The van der Waals surface area contributed by atoms with E-state index in [4.69, 9.17) is 11.6 Å². The van der Waals surface area contributed by atoms with E-state index in [1.807, 2.05) is 43.3 Å². The Bertz CT molecular complexity index is 1440. The van der Waals surface area contributed by atoms with Crippen LogP contribution in [0.5, 0.6) is 0 Å². The molecule has 0 aliphatic carbocycles. The Morgan fingerprint density at radius 2 is 1.46 bits per heavy atom. The first-order valence-electron chi connectivity index (χ1n) is 11.3. The highest BCUT2D eigenvalue weighted by atomic mass is 35.5. The fraction of sp³-hybridized carbons (Fsp3) is 0.0690. The molecule has 0 fully saturated rings. The Hall–Kier alpha value is -4.07. The van der Waals surface area contributed by atoms with Gasteiger partial charge in [0, 0.05) is 21.3 Å². The maximum atomic E-state index is 13.4. The molecule has 1 atom stereocenters. The molecule has 0 saturated heterocycles. The van der Waals surface area contributed by atoms with E-state index in [0.717, 1.165) is 16.0 Å². The number of halogens is 1. The second kappa shape index (κ2) is 11.8. The van der Waals surface area contributed by atoms with Gasteiger partial charge < -0.3 is 15.7 Å². The average Bonchev–Trinajstić information content (AvgIpc) is 2.90. The molecule has 3 N–H and O–H groups in total. The van der Waals surface area contributed by atoms with Gasteiger partial charge in [-0.2, -0.15) is 0 Å². The first-order valence-corrected chi connectivity index (χ1v) is 12.6. The van der Waals surface area contributed by atoms with Crippen molar-refractivity contribution in [3.63, 3.8) is 0 Å². The van der Waals surface area contributed by atoms with Crippen molar-refractivity contribution in [2.45, 2.75) is 17.1 Å². The molecule has 0 radical (unpaired) electrons. The van der Waals surface area contributed by atoms with Crippen LogP contribution < -0.4 is 10.6 Å². The summed E-state index contributed by atoms with van der Waals surface area (Å²) >= 11 is 7.50. The van der Waals surface area contributed by atoms with Crippen LogP contribution in [0.1, 0.15) is 37.1 Å². The van der Waals surface area contributed by atoms with Crippen LogP contribution in [0.4, 0.5) is 11.4 Å². The number of carbonyl (C=O) groups excluding carboxylic acids is 2. The molecule has 0 spiro atoms. The normalized spacial score (nSPS) is 11.4. The lowest BCUT2D eigenvalue weighted by Gasteiger charge is -2.18. The van der Waals surface area contributed by atoms with Gasteiger partial charge in [-0.05, 0) is 66.6 Å². The highest BCUT2D eigenvalue weighted by Crippen LogP contribution is 2.37. The minimum absolute atomic E-state index is 0.0705. The molecule has 0 saturated carbocycles. The molecule has 6 nitrogen and oxygen atoms in total. The number of amides is 2. The highest BCUT2D eigenvalue weighted by Gasteiger charge is 2.23. The number of nitrogens with one attached hydrogen (secondary N) is 2. The van der Waals surface area contributed by atoms with E-state index in [2.05, 4.69) is 10.6 Å². The summed E-state index contributed by atoms with van der Waals surface area (Å²) in [6.07, 6.45) is 0. The van der Waals surface area contributed by atoms with Crippen molar-refractivity contribution < 1.29 is 19.5 Å². The molecular weight excluding hydrogens is 508 g/mol. The molecule has 0 aliphatic rings. The first kappa shape index (κ1) is 26.0. The van der Waals surface area contributed by atoms with E-state index in [1.54, 1.807) is 48.5 Å². The lowest BCUT2D eigenvalue weighted by atomic mass is 10.1. The Kier molecular flexibility index (Phi) is 8.28. The van der Waals surface area contributed by atoms with Gasteiger partial charge in [0.1, 0.15) is 5.25 Å². The van der Waals surface area contributed by atoms with Crippen LogP contribution in [0.25, 0.3) is 0 Å². The molecule has 0 heterocycles. The minimum atomic E-state index is -1.17. The number of hydrogen-bond donors (Lipinski definition) is 3. The lowest BCUT2D eigenvalue weighted by molar-refractivity contribution is -0.115. The van der Waals surface area contributed by atoms with Crippen molar-refractivity contribution in [1.82, 2.24) is 0 Å². The Balaban J connectivity index is 1.52. The van der Waals surface area contributed by atoms with Crippen molar-refractivity contribution in [1.29, 1.82) is 0 Å². The van der Waals surface area contributed by atoms with Gasteiger partial charge in [0.25, 0.3) is 5.91 Å². The molecule has 186 valence electrons. The summed E-state index contributed by atoms with van der Waals surface area (Å²) in [6.45, 7) is 1.90.